The Balaban J connectivity index is 2.07. The van der Waals surface area contributed by atoms with E-state index < -0.39 is 0 Å². The summed E-state index contributed by atoms with van der Waals surface area (Å²) < 4.78 is 6.71. The monoisotopic (exact) mass is 341 g/mol. The molecule has 2 aromatic rings. The number of hydrogen-bond donors (Lipinski definition) is 1. The molecule has 0 fully saturated rings. The zero-order valence-corrected chi connectivity index (χ0v) is 13.5. The third kappa shape index (κ3) is 4.18. The maximum atomic E-state index is 5.60. The number of rotatable bonds is 5. The second-order valence-electron chi connectivity index (χ2n) is 4.38. The first-order valence-corrected chi connectivity index (χ1v) is 7.70. The SMILES string of the molecule is Cc1cc(OC(C)C)nc(NCc2sccc2Br)n1. The van der Waals surface area contributed by atoms with Gasteiger partial charge in [-0.25, -0.2) is 4.98 Å². The van der Waals surface area contributed by atoms with Gasteiger partial charge in [-0.05, 0) is 48.1 Å². The first-order valence-electron chi connectivity index (χ1n) is 6.02. The minimum atomic E-state index is 0.105. The van der Waals surface area contributed by atoms with Crippen molar-refractivity contribution in [3.05, 3.63) is 32.6 Å². The molecule has 0 saturated heterocycles. The summed E-state index contributed by atoms with van der Waals surface area (Å²) in [4.78, 5) is 9.92. The molecular weight excluding hydrogens is 326 g/mol. The summed E-state index contributed by atoms with van der Waals surface area (Å²) in [5.41, 5.74) is 0.887. The van der Waals surface area contributed by atoms with E-state index in [9.17, 15) is 0 Å². The van der Waals surface area contributed by atoms with Crippen LogP contribution in [0.15, 0.2) is 22.0 Å². The Morgan fingerprint density at radius 3 is 2.84 bits per heavy atom. The van der Waals surface area contributed by atoms with Gasteiger partial charge in [0.15, 0.2) is 0 Å². The van der Waals surface area contributed by atoms with Crippen LogP contribution in [0.1, 0.15) is 24.4 Å². The fourth-order valence-electron chi connectivity index (χ4n) is 1.53. The summed E-state index contributed by atoms with van der Waals surface area (Å²) in [7, 11) is 0. The van der Waals surface area contributed by atoms with Crippen molar-refractivity contribution in [2.75, 3.05) is 5.32 Å². The quantitative estimate of drug-likeness (QED) is 0.892. The average molecular weight is 342 g/mol. The second kappa shape index (κ2) is 6.34. The van der Waals surface area contributed by atoms with Crippen molar-refractivity contribution in [1.82, 2.24) is 9.97 Å². The molecule has 102 valence electrons. The molecule has 0 radical (unpaired) electrons. The molecule has 0 saturated carbocycles. The van der Waals surface area contributed by atoms with Crippen molar-refractivity contribution in [3.8, 4) is 5.88 Å². The Bertz CT molecular complexity index is 557. The van der Waals surface area contributed by atoms with Gasteiger partial charge in [0, 0.05) is 21.1 Å². The Morgan fingerprint density at radius 2 is 2.21 bits per heavy atom. The molecule has 2 aromatic heterocycles. The Labute approximate surface area is 125 Å². The summed E-state index contributed by atoms with van der Waals surface area (Å²) >= 11 is 5.20. The van der Waals surface area contributed by atoms with Crippen LogP contribution in [0.2, 0.25) is 0 Å². The van der Waals surface area contributed by atoms with Crippen LogP contribution in [-0.4, -0.2) is 16.1 Å². The molecule has 1 N–H and O–H groups in total. The molecule has 2 heterocycles. The Hall–Kier alpha value is -1.14. The first kappa shape index (κ1) is 14.3. The van der Waals surface area contributed by atoms with Crippen LogP contribution < -0.4 is 10.1 Å². The van der Waals surface area contributed by atoms with E-state index in [-0.39, 0.29) is 6.10 Å². The van der Waals surface area contributed by atoms with Crippen molar-refractivity contribution in [3.63, 3.8) is 0 Å². The maximum Gasteiger partial charge on any atom is 0.226 e. The zero-order chi connectivity index (χ0) is 13.8. The first-order chi connectivity index (χ1) is 9.04. The molecule has 0 atom stereocenters. The van der Waals surface area contributed by atoms with E-state index in [2.05, 4.69) is 31.2 Å². The summed E-state index contributed by atoms with van der Waals surface area (Å²) in [6.45, 7) is 6.59. The third-order valence-corrected chi connectivity index (χ3v) is 4.21. The van der Waals surface area contributed by atoms with Gasteiger partial charge in [-0.15, -0.1) is 11.3 Å². The molecule has 0 amide bonds. The van der Waals surface area contributed by atoms with E-state index in [4.69, 9.17) is 4.74 Å². The topological polar surface area (TPSA) is 47.0 Å². The number of aromatic nitrogens is 2. The second-order valence-corrected chi connectivity index (χ2v) is 6.24. The lowest BCUT2D eigenvalue weighted by Gasteiger charge is -2.11. The van der Waals surface area contributed by atoms with Gasteiger partial charge < -0.3 is 10.1 Å². The number of halogens is 1. The number of aryl methyl sites for hydroxylation is 1. The predicted octanol–water partition coefficient (Wildman–Crippen LogP) is 4.01. The average Bonchev–Trinajstić information content (AvgIpc) is 2.70. The third-order valence-electron chi connectivity index (χ3n) is 2.29. The molecule has 2 rings (SSSR count). The molecule has 0 spiro atoms. The van der Waals surface area contributed by atoms with E-state index in [1.165, 1.54) is 4.88 Å². The van der Waals surface area contributed by atoms with Crippen LogP contribution in [0.4, 0.5) is 5.95 Å². The van der Waals surface area contributed by atoms with Crippen LogP contribution in [0.25, 0.3) is 0 Å². The van der Waals surface area contributed by atoms with Crippen molar-refractivity contribution in [1.29, 1.82) is 0 Å². The molecule has 4 nitrogen and oxygen atoms in total. The van der Waals surface area contributed by atoms with Crippen LogP contribution in [0.5, 0.6) is 5.88 Å². The molecule has 0 aromatic carbocycles. The molecule has 6 heteroatoms. The Kier molecular flexibility index (Phi) is 4.76. The highest BCUT2D eigenvalue weighted by Crippen LogP contribution is 2.23. The largest absolute Gasteiger partial charge is 0.475 e. The number of thiophene rings is 1. The molecule has 0 bridgehead atoms. The van der Waals surface area contributed by atoms with E-state index in [1.54, 1.807) is 11.3 Å². The van der Waals surface area contributed by atoms with Crippen LogP contribution in [-0.2, 0) is 6.54 Å². The lowest BCUT2D eigenvalue weighted by Crippen LogP contribution is -2.10. The molecule has 19 heavy (non-hydrogen) atoms. The lowest BCUT2D eigenvalue weighted by atomic mass is 10.4. The molecule has 0 unspecified atom stereocenters. The molecule has 0 aliphatic rings. The summed E-state index contributed by atoms with van der Waals surface area (Å²) in [6, 6.07) is 3.87. The van der Waals surface area contributed by atoms with E-state index in [1.807, 2.05) is 38.3 Å². The van der Waals surface area contributed by atoms with Gasteiger partial charge in [0.25, 0.3) is 0 Å². The van der Waals surface area contributed by atoms with Gasteiger partial charge >= 0.3 is 0 Å². The van der Waals surface area contributed by atoms with Crippen LogP contribution in [0.3, 0.4) is 0 Å². The summed E-state index contributed by atoms with van der Waals surface area (Å²) in [6.07, 6.45) is 0.105. The van der Waals surface area contributed by atoms with Gasteiger partial charge in [-0.3, -0.25) is 0 Å². The van der Waals surface area contributed by atoms with E-state index in [0.29, 0.717) is 18.4 Å². The predicted molar refractivity (Wildman–Crippen MR) is 81.9 cm³/mol. The number of nitrogens with zero attached hydrogens (tertiary/aromatic N) is 2. The van der Waals surface area contributed by atoms with Crippen molar-refractivity contribution in [2.24, 2.45) is 0 Å². The number of anilines is 1. The molecule has 0 aliphatic carbocycles. The van der Waals surface area contributed by atoms with E-state index >= 15 is 0 Å². The highest BCUT2D eigenvalue weighted by molar-refractivity contribution is 9.10. The fourth-order valence-corrected chi connectivity index (χ4v) is 2.96. The Morgan fingerprint density at radius 1 is 1.42 bits per heavy atom. The number of ether oxygens (including phenoxy) is 1. The van der Waals surface area contributed by atoms with Gasteiger partial charge in [0.05, 0.1) is 12.6 Å². The van der Waals surface area contributed by atoms with Gasteiger partial charge in [0.2, 0.25) is 11.8 Å². The zero-order valence-electron chi connectivity index (χ0n) is 11.1. The fraction of sp³-hybridized carbons (Fsp3) is 0.385. The minimum Gasteiger partial charge on any atom is -0.475 e. The van der Waals surface area contributed by atoms with Crippen molar-refractivity contribution >= 4 is 33.2 Å². The normalized spacial score (nSPS) is 10.8. The van der Waals surface area contributed by atoms with Gasteiger partial charge in [0.1, 0.15) is 0 Å². The molecular formula is C13H16BrN3OS. The van der Waals surface area contributed by atoms with Gasteiger partial charge in [-0.1, -0.05) is 0 Å². The number of hydrogen-bond acceptors (Lipinski definition) is 5. The van der Waals surface area contributed by atoms with Crippen LogP contribution in [0, 0.1) is 6.92 Å². The maximum absolute atomic E-state index is 5.60. The van der Waals surface area contributed by atoms with Crippen LogP contribution >= 0.6 is 27.3 Å². The molecule has 0 aliphatic heterocycles. The van der Waals surface area contributed by atoms with E-state index in [0.717, 1.165) is 10.2 Å². The summed E-state index contributed by atoms with van der Waals surface area (Å²) in [5.74, 6) is 1.20. The highest BCUT2D eigenvalue weighted by atomic mass is 79.9. The smallest absolute Gasteiger partial charge is 0.226 e. The lowest BCUT2D eigenvalue weighted by molar-refractivity contribution is 0.232. The van der Waals surface area contributed by atoms with Gasteiger partial charge in [-0.2, -0.15) is 4.98 Å². The van der Waals surface area contributed by atoms with Crippen molar-refractivity contribution < 1.29 is 4.74 Å². The minimum absolute atomic E-state index is 0.105. The standard InChI is InChI=1S/C13H16BrN3OS/c1-8(2)18-12-6-9(3)16-13(17-12)15-7-11-10(14)4-5-19-11/h4-6,8H,7H2,1-3H3,(H,15,16,17). The van der Waals surface area contributed by atoms with Crippen molar-refractivity contribution in [2.45, 2.75) is 33.4 Å². The summed E-state index contributed by atoms with van der Waals surface area (Å²) in [5, 5.41) is 5.27. The number of nitrogens with one attached hydrogen (secondary N) is 1. The highest BCUT2D eigenvalue weighted by Gasteiger charge is 2.06.